The molecular weight excluding hydrogens is 938 g/mol. The van der Waals surface area contributed by atoms with Crippen LogP contribution in [0.1, 0.15) is 126 Å². The number of rotatable bonds is 11. The van der Waals surface area contributed by atoms with E-state index in [1.54, 1.807) is 29.2 Å². The topological polar surface area (TPSA) is 163 Å². The molecule has 4 aromatic rings. The van der Waals surface area contributed by atoms with Crippen LogP contribution in [0.5, 0.6) is 0 Å². The Bertz CT molecular complexity index is 2730. The Balaban J connectivity index is 0.000000235. The number of amides is 5. The average molecular weight is 1010 g/mol. The van der Waals surface area contributed by atoms with Crippen molar-refractivity contribution >= 4 is 40.3 Å². The van der Waals surface area contributed by atoms with Crippen molar-refractivity contribution < 1.29 is 28.4 Å². The van der Waals surface area contributed by atoms with Crippen LogP contribution < -0.4 is 10.9 Å². The summed E-state index contributed by atoms with van der Waals surface area (Å²) < 4.78 is 15.0. The Morgan fingerprint density at radius 2 is 1.36 bits per heavy atom. The summed E-state index contributed by atoms with van der Waals surface area (Å²) in [6.07, 6.45) is 14.7. The van der Waals surface area contributed by atoms with Crippen LogP contribution in [0.15, 0.2) is 65.5 Å². The predicted molar refractivity (Wildman–Crippen MR) is 281 cm³/mol. The molecule has 0 radical (unpaired) electrons. The summed E-state index contributed by atoms with van der Waals surface area (Å²) in [4.78, 5) is 88.5. The van der Waals surface area contributed by atoms with Crippen molar-refractivity contribution in [3.05, 3.63) is 110 Å². The van der Waals surface area contributed by atoms with Crippen molar-refractivity contribution in [3.63, 3.8) is 0 Å². The SMILES string of the molecule is O=C(CC1CCCCC1)N1CCN(CC2CCN(CC(=O)N3CCN(C(=O)c4cc(Cc5n[nH]c(=O)c6ccccc56)ccc4F)CC3)CC2)CC1.O=C1NCCc2c1cccc2C1CCCN(C(=O)C2CC2)C1. The Hall–Kier alpha value is -6.00. The summed E-state index contributed by atoms with van der Waals surface area (Å²) in [7, 11) is 0. The highest BCUT2D eigenvalue weighted by molar-refractivity contribution is 5.97. The Kier molecular flexibility index (Phi) is 16.5. The fourth-order valence-electron chi connectivity index (χ4n) is 12.5. The molecule has 2 N–H and O–H groups in total. The van der Waals surface area contributed by atoms with Gasteiger partial charge in [-0.1, -0.05) is 55.7 Å². The zero-order chi connectivity index (χ0) is 51.1. The van der Waals surface area contributed by atoms with E-state index in [4.69, 9.17) is 0 Å². The maximum Gasteiger partial charge on any atom is 0.272 e. The molecule has 2 aliphatic carbocycles. The number of aromatic nitrogens is 2. The van der Waals surface area contributed by atoms with Gasteiger partial charge in [-0.25, -0.2) is 9.49 Å². The van der Waals surface area contributed by atoms with Gasteiger partial charge >= 0.3 is 0 Å². The lowest BCUT2D eigenvalue weighted by Gasteiger charge is -2.40. The molecule has 1 aromatic heterocycles. The molecule has 6 fully saturated rings. The van der Waals surface area contributed by atoms with Crippen molar-refractivity contribution in [2.24, 2.45) is 17.8 Å². The third kappa shape index (κ3) is 12.4. The van der Waals surface area contributed by atoms with E-state index in [-0.39, 0.29) is 28.8 Å². The van der Waals surface area contributed by atoms with Crippen LogP contribution in [-0.2, 0) is 27.2 Å². The smallest absolute Gasteiger partial charge is 0.272 e. The van der Waals surface area contributed by atoms with Gasteiger partial charge in [0, 0.05) is 114 Å². The first kappa shape index (κ1) is 51.5. The lowest BCUT2D eigenvalue weighted by molar-refractivity contribution is -0.135. The molecular formula is C58H74FN9O6. The Morgan fingerprint density at radius 1 is 0.649 bits per heavy atom. The zero-order valence-corrected chi connectivity index (χ0v) is 43.0. The zero-order valence-electron chi connectivity index (χ0n) is 43.0. The van der Waals surface area contributed by atoms with E-state index in [0.717, 1.165) is 128 Å². The van der Waals surface area contributed by atoms with Crippen LogP contribution in [0.2, 0.25) is 0 Å². The van der Waals surface area contributed by atoms with E-state index in [9.17, 15) is 33.2 Å². The fraction of sp³-hybridized carbons (Fsp3) is 0.569. The van der Waals surface area contributed by atoms with Crippen molar-refractivity contribution in [2.45, 2.75) is 95.8 Å². The van der Waals surface area contributed by atoms with E-state index in [2.05, 4.69) is 41.2 Å². The van der Waals surface area contributed by atoms with Crippen molar-refractivity contribution in [3.8, 4) is 0 Å². The highest BCUT2D eigenvalue weighted by atomic mass is 19.1. The van der Waals surface area contributed by atoms with Crippen LogP contribution in [0.4, 0.5) is 4.39 Å². The van der Waals surface area contributed by atoms with Gasteiger partial charge in [0.2, 0.25) is 17.7 Å². The number of hydrogen-bond donors (Lipinski definition) is 2. The van der Waals surface area contributed by atoms with E-state index < -0.39 is 5.82 Å². The van der Waals surface area contributed by atoms with Gasteiger partial charge in [0.15, 0.2) is 0 Å². The van der Waals surface area contributed by atoms with E-state index in [0.29, 0.717) is 91.3 Å². The van der Waals surface area contributed by atoms with E-state index in [1.807, 2.05) is 29.2 Å². The summed E-state index contributed by atoms with van der Waals surface area (Å²) in [5, 5.41) is 10.9. The molecule has 11 rings (SSSR count). The van der Waals surface area contributed by atoms with Crippen molar-refractivity contribution in [2.75, 3.05) is 98.2 Å². The number of nitrogens with zero attached hydrogens (tertiary/aromatic N) is 7. The molecule has 5 amide bonds. The number of carbonyl (C=O) groups excluding carboxylic acids is 5. The molecule has 7 aliphatic rings. The monoisotopic (exact) mass is 1010 g/mol. The van der Waals surface area contributed by atoms with E-state index in [1.165, 1.54) is 49.3 Å². The molecule has 2 saturated carbocycles. The van der Waals surface area contributed by atoms with Gasteiger partial charge in [0.05, 0.1) is 23.2 Å². The third-order valence-corrected chi connectivity index (χ3v) is 17.0. The van der Waals surface area contributed by atoms with Gasteiger partial charge in [-0.2, -0.15) is 5.10 Å². The van der Waals surface area contributed by atoms with Gasteiger partial charge in [0.25, 0.3) is 17.4 Å². The highest BCUT2D eigenvalue weighted by Crippen LogP contribution is 2.36. The predicted octanol–water partition coefficient (Wildman–Crippen LogP) is 5.85. The molecule has 6 heterocycles. The summed E-state index contributed by atoms with van der Waals surface area (Å²) >= 11 is 0. The number of benzene rings is 3. The maximum absolute atomic E-state index is 15.0. The number of fused-ring (bicyclic) bond motifs is 2. The number of H-pyrrole nitrogens is 1. The maximum atomic E-state index is 15.0. The highest BCUT2D eigenvalue weighted by Gasteiger charge is 2.37. The van der Waals surface area contributed by atoms with Crippen LogP contribution >= 0.6 is 0 Å². The van der Waals surface area contributed by atoms with Crippen molar-refractivity contribution in [1.82, 2.24) is 44.9 Å². The molecule has 74 heavy (non-hydrogen) atoms. The van der Waals surface area contributed by atoms with E-state index >= 15 is 0 Å². The third-order valence-electron chi connectivity index (χ3n) is 17.0. The summed E-state index contributed by atoms with van der Waals surface area (Å²) in [5.74, 6) is 1.74. The normalized spacial score (nSPS) is 21.4. The summed E-state index contributed by atoms with van der Waals surface area (Å²) in [6.45, 7) is 10.8. The largest absolute Gasteiger partial charge is 0.352 e. The lowest BCUT2D eigenvalue weighted by Crippen LogP contribution is -2.53. The number of nitrogens with one attached hydrogen (secondary N) is 2. The summed E-state index contributed by atoms with van der Waals surface area (Å²) in [6, 6.07) is 17.8. The van der Waals surface area contributed by atoms with Gasteiger partial charge in [0.1, 0.15) is 5.82 Å². The molecule has 3 aromatic carbocycles. The lowest BCUT2D eigenvalue weighted by atomic mass is 9.83. The van der Waals surface area contributed by atoms with Gasteiger partial charge in [-0.3, -0.25) is 38.6 Å². The molecule has 1 unspecified atom stereocenters. The molecule has 394 valence electrons. The second kappa shape index (κ2) is 23.7. The number of likely N-dealkylation sites (tertiary alicyclic amines) is 2. The van der Waals surface area contributed by atoms with Gasteiger partial charge in [-0.05, 0) is 124 Å². The standard InChI is InChI=1S/C40H52FN7O4.C18H22N2O2/c41-35-11-10-31(25-36-32-8-4-5-9-33(32)39(51)43-42-36)24-34(35)40(52)48-22-20-47(21-23-48)38(50)28-44-14-12-30(13-15-44)27-45-16-18-46(19-17-45)37(49)26-29-6-2-1-3-7-29;21-17-16-5-1-4-14(15(16)8-9-19-17)13-3-2-10-20(11-13)18(22)12-6-7-12/h4-5,8-11,24,29-30H,1-3,6-7,12-23,25-28H2,(H,43,51);1,4-5,12-13H,2-3,6-11H2,(H,19,21). The first-order valence-electron chi connectivity index (χ1n) is 27.8. The number of carbonyl (C=O) groups is 5. The molecule has 4 saturated heterocycles. The number of aromatic amines is 1. The number of hydrogen-bond acceptors (Lipinski definition) is 9. The minimum absolute atomic E-state index is 0.00101. The van der Waals surface area contributed by atoms with Crippen LogP contribution in [0.25, 0.3) is 10.8 Å². The molecule has 15 nitrogen and oxygen atoms in total. The quantitative estimate of drug-likeness (QED) is 0.188. The second-order valence-electron chi connectivity index (χ2n) is 22.1. The number of piperazine rings is 2. The van der Waals surface area contributed by atoms with Crippen molar-refractivity contribution in [1.29, 1.82) is 0 Å². The average Bonchev–Trinajstić information content (AvgIpc) is 4.29. The number of halogens is 1. The molecule has 0 spiro atoms. The molecule has 1 atom stereocenters. The number of piperidine rings is 2. The molecule has 0 bridgehead atoms. The van der Waals surface area contributed by atoms with Gasteiger partial charge in [-0.15, -0.1) is 0 Å². The molecule has 5 aliphatic heterocycles. The Labute approximate surface area is 434 Å². The second-order valence-corrected chi connectivity index (χ2v) is 22.1. The van der Waals surface area contributed by atoms with Gasteiger partial charge < -0.3 is 24.9 Å². The summed E-state index contributed by atoms with van der Waals surface area (Å²) in [5.41, 5.74) is 4.41. The minimum Gasteiger partial charge on any atom is -0.352 e. The first-order valence-corrected chi connectivity index (χ1v) is 27.8. The fourth-order valence-corrected chi connectivity index (χ4v) is 12.5. The van der Waals surface area contributed by atoms with Crippen LogP contribution in [-0.4, -0.2) is 167 Å². The first-order chi connectivity index (χ1) is 36.0. The molecule has 16 heteroatoms. The minimum atomic E-state index is -0.586. The van der Waals surface area contributed by atoms with Crippen LogP contribution in [0, 0.1) is 23.6 Å². The Morgan fingerprint density at radius 3 is 2.12 bits per heavy atom. The van der Waals surface area contributed by atoms with Crippen LogP contribution in [0.3, 0.4) is 0 Å².